The highest BCUT2D eigenvalue weighted by molar-refractivity contribution is 5.52. The summed E-state index contributed by atoms with van der Waals surface area (Å²) in [5.74, 6) is 2.98. The molecule has 0 aliphatic rings. The van der Waals surface area contributed by atoms with Gasteiger partial charge in [0, 0.05) is 0 Å². The van der Waals surface area contributed by atoms with Gasteiger partial charge in [0.25, 0.3) is 0 Å². The summed E-state index contributed by atoms with van der Waals surface area (Å²) in [6.07, 6.45) is 0.790. The lowest BCUT2D eigenvalue weighted by Gasteiger charge is -2.16. The Labute approximate surface area is 137 Å². The standard InChI is InChI=1S/C19H24O4/c1-12-7-16(20-3)18(22-5)10-14(12)9-15-11-19(23-6)17(21-4)8-13(15)2/h7-8,10-11H,9H2,1-6H3. The summed E-state index contributed by atoms with van der Waals surface area (Å²) in [7, 11) is 6.60. The summed E-state index contributed by atoms with van der Waals surface area (Å²) >= 11 is 0. The molecule has 0 radical (unpaired) electrons. The molecule has 2 aromatic rings. The van der Waals surface area contributed by atoms with Crippen LogP contribution in [0.2, 0.25) is 0 Å². The Hall–Kier alpha value is -2.36. The molecule has 0 unspecified atom stereocenters. The fourth-order valence-corrected chi connectivity index (χ4v) is 2.63. The molecule has 124 valence electrons. The van der Waals surface area contributed by atoms with Crippen molar-refractivity contribution in [3.05, 3.63) is 46.5 Å². The third kappa shape index (κ3) is 3.52. The van der Waals surface area contributed by atoms with Gasteiger partial charge in [-0.15, -0.1) is 0 Å². The van der Waals surface area contributed by atoms with E-state index in [1.165, 1.54) is 11.1 Å². The van der Waals surface area contributed by atoms with E-state index in [1.807, 2.05) is 24.3 Å². The summed E-state index contributed by atoms with van der Waals surface area (Å²) in [5, 5.41) is 0. The van der Waals surface area contributed by atoms with E-state index in [-0.39, 0.29) is 0 Å². The zero-order valence-electron chi connectivity index (χ0n) is 14.6. The first-order valence-corrected chi connectivity index (χ1v) is 7.47. The number of hydrogen-bond acceptors (Lipinski definition) is 4. The van der Waals surface area contributed by atoms with Crippen LogP contribution in [-0.2, 0) is 6.42 Å². The molecule has 0 aromatic heterocycles. The molecule has 0 saturated carbocycles. The first-order valence-electron chi connectivity index (χ1n) is 7.47. The number of ether oxygens (including phenoxy) is 4. The van der Waals surface area contributed by atoms with E-state index < -0.39 is 0 Å². The second-order valence-corrected chi connectivity index (χ2v) is 5.44. The van der Waals surface area contributed by atoms with E-state index in [0.717, 1.165) is 40.5 Å². The third-order valence-electron chi connectivity index (χ3n) is 4.07. The number of methoxy groups -OCH3 is 4. The van der Waals surface area contributed by atoms with Crippen molar-refractivity contribution in [3.8, 4) is 23.0 Å². The van der Waals surface area contributed by atoms with Gasteiger partial charge >= 0.3 is 0 Å². The van der Waals surface area contributed by atoms with Crippen LogP contribution >= 0.6 is 0 Å². The lowest BCUT2D eigenvalue weighted by molar-refractivity contribution is 0.353. The minimum absolute atomic E-state index is 0.742. The maximum Gasteiger partial charge on any atom is 0.161 e. The van der Waals surface area contributed by atoms with Crippen LogP contribution in [0.15, 0.2) is 24.3 Å². The molecule has 0 amide bonds. The fourth-order valence-electron chi connectivity index (χ4n) is 2.63. The average molecular weight is 316 g/mol. The Morgan fingerprint density at radius 3 is 1.17 bits per heavy atom. The Kier molecular flexibility index (Phi) is 5.37. The predicted molar refractivity (Wildman–Crippen MR) is 91.4 cm³/mol. The lowest BCUT2D eigenvalue weighted by atomic mass is 9.96. The molecule has 0 atom stereocenters. The first kappa shape index (κ1) is 17.0. The van der Waals surface area contributed by atoms with E-state index in [2.05, 4.69) is 13.8 Å². The van der Waals surface area contributed by atoms with Gasteiger partial charge < -0.3 is 18.9 Å². The van der Waals surface area contributed by atoms with E-state index >= 15 is 0 Å². The van der Waals surface area contributed by atoms with E-state index in [9.17, 15) is 0 Å². The Morgan fingerprint density at radius 2 is 0.870 bits per heavy atom. The minimum Gasteiger partial charge on any atom is -0.493 e. The highest BCUT2D eigenvalue weighted by Crippen LogP contribution is 2.34. The van der Waals surface area contributed by atoms with Gasteiger partial charge in [-0.05, 0) is 66.8 Å². The van der Waals surface area contributed by atoms with Crippen molar-refractivity contribution in [3.63, 3.8) is 0 Å². The monoisotopic (exact) mass is 316 g/mol. The van der Waals surface area contributed by atoms with Gasteiger partial charge in [-0.2, -0.15) is 0 Å². The molecule has 2 aromatic carbocycles. The summed E-state index contributed by atoms with van der Waals surface area (Å²) in [6.45, 7) is 4.15. The van der Waals surface area contributed by atoms with Crippen molar-refractivity contribution in [2.24, 2.45) is 0 Å². The summed E-state index contributed by atoms with van der Waals surface area (Å²) in [6, 6.07) is 8.07. The second-order valence-electron chi connectivity index (χ2n) is 5.44. The lowest BCUT2D eigenvalue weighted by Crippen LogP contribution is -2.00. The molecule has 0 bridgehead atoms. The number of aryl methyl sites for hydroxylation is 2. The molecule has 0 aliphatic heterocycles. The molecular weight excluding hydrogens is 292 g/mol. The minimum atomic E-state index is 0.742. The summed E-state index contributed by atoms with van der Waals surface area (Å²) < 4.78 is 21.5. The quantitative estimate of drug-likeness (QED) is 0.809. The molecule has 4 heteroatoms. The smallest absolute Gasteiger partial charge is 0.161 e. The molecule has 2 rings (SSSR count). The Balaban J connectivity index is 2.43. The highest BCUT2D eigenvalue weighted by atomic mass is 16.5. The topological polar surface area (TPSA) is 36.9 Å². The van der Waals surface area contributed by atoms with Crippen LogP contribution in [0.5, 0.6) is 23.0 Å². The van der Waals surface area contributed by atoms with Crippen LogP contribution in [0.25, 0.3) is 0 Å². The van der Waals surface area contributed by atoms with Gasteiger partial charge in [-0.1, -0.05) is 0 Å². The molecule has 4 nitrogen and oxygen atoms in total. The van der Waals surface area contributed by atoms with Crippen LogP contribution in [0.1, 0.15) is 22.3 Å². The van der Waals surface area contributed by atoms with Crippen molar-refractivity contribution in [2.45, 2.75) is 20.3 Å². The van der Waals surface area contributed by atoms with Crippen LogP contribution < -0.4 is 18.9 Å². The maximum atomic E-state index is 5.41. The number of benzene rings is 2. The molecule has 23 heavy (non-hydrogen) atoms. The zero-order valence-corrected chi connectivity index (χ0v) is 14.6. The molecule has 0 heterocycles. The SMILES string of the molecule is COc1cc(C)c(Cc2cc(OC)c(OC)cc2C)cc1OC. The molecule has 0 saturated heterocycles. The normalized spacial score (nSPS) is 10.3. The van der Waals surface area contributed by atoms with Gasteiger partial charge in [0.05, 0.1) is 28.4 Å². The molecule has 0 N–H and O–H groups in total. The van der Waals surface area contributed by atoms with Gasteiger partial charge in [0.1, 0.15) is 0 Å². The Bertz CT molecular complexity index is 633. The van der Waals surface area contributed by atoms with Crippen molar-refractivity contribution in [1.82, 2.24) is 0 Å². The molecular formula is C19H24O4. The third-order valence-corrected chi connectivity index (χ3v) is 4.07. The van der Waals surface area contributed by atoms with Gasteiger partial charge in [0.2, 0.25) is 0 Å². The predicted octanol–water partition coefficient (Wildman–Crippen LogP) is 3.93. The van der Waals surface area contributed by atoms with Crippen molar-refractivity contribution in [2.75, 3.05) is 28.4 Å². The summed E-state index contributed by atoms with van der Waals surface area (Å²) in [5.41, 5.74) is 4.71. The van der Waals surface area contributed by atoms with Crippen molar-refractivity contribution < 1.29 is 18.9 Å². The second kappa shape index (κ2) is 7.27. The van der Waals surface area contributed by atoms with Gasteiger partial charge in [0.15, 0.2) is 23.0 Å². The molecule has 0 spiro atoms. The highest BCUT2D eigenvalue weighted by Gasteiger charge is 2.13. The maximum absolute atomic E-state index is 5.41. The van der Waals surface area contributed by atoms with Crippen LogP contribution in [0.3, 0.4) is 0 Å². The average Bonchev–Trinajstić information content (AvgIpc) is 2.57. The van der Waals surface area contributed by atoms with Crippen molar-refractivity contribution in [1.29, 1.82) is 0 Å². The van der Waals surface area contributed by atoms with Crippen LogP contribution in [0, 0.1) is 13.8 Å². The van der Waals surface area contributed by atoms with E-state index in [1.54, 1.807) is 28.4 Å². The molecule has 0 aliphatic carbocycles. The van der Waals surface area contributed by atoms with Crippen molar-refractivity contribution >= 4 is 0 Å². The molecule has 0 fully saturated rings. The summed E-state index contributed by atoms with van der Waals surface area (Å²) in [4.78, 5) is 0. The largest absolute Gasteiger partial charge is 0.493 e. The zero-order chi connectivity index (χ0) is 17.0. The van der Waals surface area contributed by atoms with Gasteiger partial charge in [-0.25, -0.2) is 0 Å². The number of rotatable bonds is 6. The fraction of sp³-hybridized carbons (Fsp3) is 0.368. The first-order chi connectivity index (χ1) is 11.0. The van der Waals surface area contributed by atoms with Crippen LogP contribution in [-0.4, -0.2) is 28.4 Å². The van der Waals surface area contributed by atoms with Gasteiger partial charge in [-0.3, -0.25) is 0 Å². The van der Waals surface area contributed by atoms with E-state index in [0.29, 0.717) is 0 Å². The van der Waals surface area contributed by atoms with E-state index in [4.69, 9.17) is 18.9 Å². The number of hydrogen-bond donors (Lipinski definition) is 0. The van der Waals surface area contributed by atoms with Crippen LogP contribution in [0.4, 0.5) is 0 Å². The Morgan fingerprint density at radius 1 is 0.565 bits per heavy atom.